The maximum Gasteiger partial charge on any atom is 0.269 e. The number of hydrogen-bond acceptors (Lipinski definition) is 5. The van der Waals surface area contributed by atoms with Gasteiger partial charge in [0.1, 0.15) is 6.61 Å². The number of nitro benzene ring substituents is 1. The molecule has 0 N–H and O–H groups in total. The second kappa shape index (κ2) is 6.48. The molecule has 2 aromatic carbocycles. The molecule has 1 heterocycles. The average Bonchev–Trinajstić information content (AvgIpc) is 2.59. The molecule has 0 saturated carbocycles. The second-order valence-corrected chi connectivity index (χ2v) is 5.28. The van der Waals surface area contributed by atoms with Gasteiger partial charge in [-0.2, -0.15) is 0 Å². The molecule has 2 aromatic rings. The number of fused-ring (bicyclic) bond motifs is 1. The molecular formula is C17H16N2O4. The van der Waals surface area contributed by atoms with E-state index in [2.05, 4.69) is 4.99 Å². The fraction of sp³-hybridized carbons (Fsp3) is 0.235. The van der Waals surface area contributed by atoms with Crippen LogP contribution in [0.15, 0.2) is 53.5 Å². The third kappa shape index (κ3) is 3.48. The molecule has 0 unspecified atom stereocenters. The van der Waals surface area contributed by atoms with Gasteiger partial charge in [0.15, 0.2) is 17.6 Å². The number of nitrogens with zero attached hydrogens (tertiary/aromatic N) is 2. The van der Waals surface area contributed by atoms with Crippen LogP contribution in [-0.2, 0) is 0 Å². The van der Waals surface area contributed by atoms with Gasteiger partial charge in [-0.1, -0.05) is 12.1 Å². The summed E-state index contributed by atoms with van der Waals surface area (Å²) < 4.78 is 11.6. The van der Waals surface area contributed by atoms with Crippen molar-refractivity contribution in [2.24, 2.45) is 4.99 Å². The first-order valence-electron chi connectivity index (χ1n) is 7.29. The maximum atomic E-state index is 10.6. The van der Waals surface area contributed by atoms with Crippen molar-refractivity contribution in [2.45, 2.75) is 19.1 Å². The van der Waals surface area contributed by atoms with E-state index in [1.807, 2.05) is 31.2 Å². The molecule has 0 bridgehead atoms. The first-order chi connectivity index (χ1) is 11.1. The van der Waals surface area contributed by atoms with E-state index in [-0.39, 0.29) is 17.8 Å². The van der Waals surface area contributed by atoms with Gasteiger partial charge in [0.2, 0.25) is 0 Å². The number of non-ortho nitro benzene ring substituents is 1. The lowest BCUT2D eigenvalue weighted by Crippen LogP contribution is -2.37. The van der Waals surface area contributed by atoms with Crippen molar-refractivity contribution in [3.05, 3.63) is 64.2 Å². The van der Waals surface area contributed by atoms with Crippen molar-refractivity contribution >= 4 is 11.9 Å². The van der Waals surface area contributed by atoms with Crippen molar-refractivity contribution in [3.63, 3.8) is 0 Å². The van der Waals surface area contributed by atoms with Crippen molar-refractivity contribution in [2.75, 3.05) is 6.61 Å². The summed E-state index contributed by atoms with van der Waals surface area (Å²) in [7, 11) is 0. The maximum absolute atomic E-state index is 10.6. The molecule has 0 fully saturated rings. The van der Waals surface area contributed by atoms with E-state index in [0.717, 1.165) is 17.1 Å². The summed E-state index contributed by atoms with van der Waals surface area (Å²) in [5.41, 5.74) is 0.871. The third-order valence-electron chi connectivity index (χ3n) is 3.63. The van der Waals surface area contributed by atoms with Gasteiger partial charge in [0.05, 0.1) is 11.0 Å². The fourth-order valence-electron chi connectivity index (χ4n) is 2.26. The highest BCUT2D eigenvalue weighted by Crippen LogP contribution is 2.31. The number of aliphatic imine (C=N–C) groups is 1. The molecule has 2 atom stereocenters. The normalized spacial score (nSPS) is 17.9. The highest BCUT2D eigenvalue weighted by atomic mass is 16.6. The van der Waals surface area contributed by atoms with Crippen LogP contribution in [0.5, 0.6) is 11.5 Å². The lowest BCUT2D eigenvalue weighted by atomic mass is 10.1. The lowest BCUT2D eigenvalue weighted by molar-refractivity contribution is -0.384. The largest absolute Gasteiger partial charge is 0.486 e. The van der Waals surface area contributed by atoms with Crippen LogP contribution < -0.4 is 9.47 Å². The van der Waals surface area contributed by atoms with Crippen LogP contribution >= 0.6 is 0 Å². The van der Waals surface area contributed by atoms with Crippen LogP contribution in [0.25, 0.3) is 0 Å². The highest BCUT2D eigenvalue weighted by molar-refractivity contribution is 5.80. The summed E-state index contributed by atoms with van der Waals surface area (Å²) in [6.07, 6.45) is 1.53. The topological polar surface area (TPSA) is 74.0 Å². The Morgan fingerprint density at radius 3 is 2.61 bits per heavy atom. The van der Waals surface area contributed by atoms with Crippen LogP contribution in [0.1, 0.15) is 12.5 Å². The van der Waals surface area contributed by atoms with Crippen LogP contribution in [-0.4, -0.2) is 29.9 Å². The number of rotatable bonds is 4. The van der Waals surface area contributed by atoms with Gasteiger partial charge < -0.3 is 9.47 Å². The zero-order valence-corrected chi connectivity index (χ0v) is 12.6. The van der Waals surface area contributed by atoms with Crippen molar-refractivity contribution in [3.8, 4) is 11.5 Å². The first kappa shape index (κ1) is 15.0. The Morgan fingerprint density at radius 1 is 1.22 bits per heavy atom. The number of benzene rings is 2. The molecule has 118 valence electrons. The molecule has 6 nitrogen and oxygen atoms in total. The van der Waals surface area contributed by atoms with E-state index < -0.39 is 4.92 Å². The summed E-state index contributed by atoms with van der Waals surface area (Å²) in [6, 6.07) is 13.7. The summed E-state index contributed by atoms with van der Waals surface area (Å²) >= 11 is 0. The zero-order chi connectivity index (χ0) is 16.2. The van der Waals surface area contributed by atoms with Gasteiger partial charge in [0.25, 0.3) is 5.69 Å². The number of ether oxygens (including phenoxy) is 2. The van der Waals surface area contributed by atoms with E-state index in [9.17, 15) is 10.1 Å². The van der Waals surface area contributed by atoms with Crippen LogP contribution in [0, 0.1) is 10.1 Å². The van der Waals surface area contributed by atoms with Crippen LogP contribution in [0.3, 0.4) is 0 Å². The van der Waals surface area contributed by atoms with Gasteiger partial charge in [-0.25, -0.2) is 0 Å². The number of hydrogen-bond donors (Lipinski definition) is 0. The summed E-state index contributed by atoms with van der Waals surface area (Å²) in [5.74, 6) is 1.47. The lowest BCUT2D eigenvalue weighted by Gasteiger charge is -2.28. The Bertz CT molecular complexity index is 728. The monoisotopic (exact) mass is 312 g/mol. The Labute approximate surface area is 133 Å². The van der Waals surface area contributed by atoms with Gasteiger partial charge in [-0.05, 0) is 36.8 Å². The molecule has 3 rings (SSSR count). The SMILES string of the molecule is C[C@H](N=Cc1ccc([N+](=O)[O-])cc1)[C@@H]1COc2ccccc2O1. The molecule has 0 radical (unpaired) electrons. The Balaban J connectivity index is 1.65. The Kier molecular flexibility index (Phi) is 4.23. The molecule has 6 heteroatoms. The van der Waals surface area contributed by atoms with Gasteiger partial charge >= 0.3 is 0 Å². The predicted octanol–water partition coefficient (Wildman–Crippen LogP) is 3.24. The summed E-state index contributed by atoms with van der Waals surface area (Å²) in [5, 5.41) is 10.6. The molecule has 0 spiro atoms. The molecule has 0 aromatic heterocycles. The van der Waals surface area contributed by atoms with Crippen LogP contribution in [0.2, 0.25) is 0 Å². The van der Waals surface area contributed by atoms with Gasteiger partial charge in [0, 0.05) is 18.3 Å². The summed E-state index contributed by atoms with van der Waals surface area (Å²) in [4.78, 5) is 14.7. The van der Waals surface area contributed by atoms with Gasteiger partial charge in [-0.3, -0.25) is 15.1 Å². The third-order valence-corrected chi connectivity index (χ3v) is 3.63. The molecule has 1 aliphatic rings. The Morgan fingerprint density at radius 2 is 1.91 bits per heavy atom. The predicted molar refractivity (Wildman–Crippen MR) is 86.5 cm³/mol. The quantitative estimate of drug-likeness (QED) is 0.493. The molecule has 0 saturated heterocycles. The molecule has 1 aliphatic heterocycles. The minimum Gasteiger partial charge on any atom is -0.486 e. The molecule has 23 heavy (non-hydrogen) atoms. The first-order valence-corrected chi connectivity index (χ1v) is 7.29. The molecular weight excluding hydrogens is 296 g/mol. The second-order valence-electron chi connectivity index (χ2n) is 5.28. The van der Waals surface area contributed by atoms with Crippen molar-refractivity contribution < 1.29 is 14.4 Å². The van der Waals surface area contributed by atoms with E-state index in [1.165, 1.54) is 12.1 Å². The van der Waals surface area contributed by atoms with Crippen molar-refractivity contribution in [1.29, 1.82) is 0 Å². The van der Waals surface area contributed by atoms with E-state index in [4.69, 9.17) is 9.47 Å². The van der Waals surface area contributed by atoms with E-state index in [0.29, 0.717) is 6.61 Å². The van der Waals surface area contributed by atoms with Crippen LogP contribution in [0.4, 0.5) is 5.69 Å². The average molecular weight is 312 g/mol. The zero-order valence-electron chi connectivity index (χ0n) is 12.6. The smallest absolute Gasteiger partial charge is 0.269 e. The Hall–Kier alpha value is -2.89. The fourth-order valence-corrected chi connectivity index (χ4v) is 2.26. The van der Waals surface area contributed by atoms with E-state index >= 15 is 0 Å². The minimum atomic E-state index is -0.422. The van der Waals surface area contributed by atoms with Crippen molar-refractivity contribution in [1.82, 2.24) is 0 Å². The highest BCUT2D eigenvalue weighted by Gasteiger charge is 2.25. The minimum absolute atomic E-state index is 0.0656. The molecule has 0 aliphatic carbocycles. The van der Waals surface area contributed by atoms with E-state index in [1.54, 1.807) is 18.3 Å². The molecule has 0 amide bonds. The van der Waals surface area contributed by atoms with Gasteiger partial charge in [-0.15, -0.1) is 0 Å². The number of nitro groups is 1. The summed E-state index contributed by atoms with van der Waals surface area (Å²) in [6.45, 7) is 2.39. The standard InChI is InChI=1S/C17H16N2O4/c1-12(17-11-22-15-4-2-3-5-16(15)23-17)18-10-13-6-8-14(9-7-13)19(20)21/h2-10,12,17H,11H2,1H3/t12-,17-/m0/s1. The number of para-hydroxylation sites is 2.